The number of ether oxygens (including phenoxy) is 1. The van der Waals surface area contributed by atoms with E-state index in [1.165, 1.54) is 11.1 Å². The zero-order valence-corrected chi connectivity index (χ0v) is 11.3. The normalized spacial score (nSPS) is 28.9. The number of benzene rings is 2. The Balaban J connectivity index is 1.52. The average molecular weight is 266 g/mol. The molecule has 20 heavy (non-hydrogen) atoms. The molecule has 2 aromatic rings. The molecule has 1 heterocycles. The molecule has 2 heteroatoms. The second-order valence-corrected chi connectivity index (χ2v) is 5.88. The molecule has 0 bridgehead atoms. The molecule has 0 amide bonds. The van der Waals surface area contributed by atoms with Crippen molar-refractivity contribution in [3.63, 3.8) is 0 Å². The van der Waals surface area contributed by atoms with E-state index in [0.29, 0.717) is 18.1 Å². The van der Waals surface area contributed by atoms with Crippen LogP contribution < -0.4 is 0 Å². The summed E-state index contributed by atoms with van der Waals surface area (Å²) in [6.45, 7) is 0. The van der Waals surface area contributed by atoms with Gasteiger partial charge in [-0.25, -0.2) is 0 Å². The van der Waals surface area contributed by atoms with E-state index in [-0.39, 0.29) is 6.10 Å². The maximum absolute atomic E-state index is 10.5. The standard InChI is InChI=1S/C18H18O2/c19-18(15-10-16-17(11-15)20-16)14-8-6-13(7-9-14)12-4-2-1-3-5-12/h1-9,15-19H,10-11H2/t15?,16-,17+,18-/m0/s1. The molecule has 1 saturated carbocycles. The summed E-state index contributed by atoms with van der Waals surface area (Å²) in [6.07, 6.45) is 2.52. The monoisotopic (exact) mass is 266 g/mol. The molecule has 0 aromatic heterocycles. The molecular weight excluding hydrogens is 248 g/mol. The molecule has 0 spiro atoms. The smallest absolute Gasteiger partial charge is 0.0845 e. The van der Waals surface area contributed by atoms with Crippen LogP contribution in [0.2, 0.25) is 0 Å². The summed E-state index contributed by atoms with van der Waals surface area (Å²) in [5.41, 5.74) is 3.43. The fourth-order valence-corrected chi connectivity index (χ4v) is 3.32. The summed E-state index contributed by atoms with van der Waals surface area (Å²) in [7, 11) is 0. The van der Waals surface area contributed by atoms with E-state index in [4.69, 9.17) is 4.74 Å². The van der Waals surface area contributed by atoms with Gasteiger partial charge in [0.25, 0.3) is 0 Å². The molecular formula is C18H18O2. The minimum absolute atomic E-state index is 0.351. The van der Waals surface area contributed by atoms with Crippen molar-refractivity contribution in [2.75, 3.05) is 0 Å². The summed E-state index contributed by atoms with van der Waals surface area (Å²) in [4.78, 5) is 0. The van der Waals surface area contributed by atoms with E-state index in [2.05, 4.69) is 36.4 Å². The van der Waals surface area contributed by atoms with Crippen LogP contribution in [0.15, 0.2) is 54.6 Å². The van der Waals surface area contributed by atoms with Crippen LogP contribution in [-0.2, 0) is 4.74 Å². The Morgan fingerprint density at radius 2 is 1.45 bits per heavy atom. The van der Waals surface area contributed by atoms with Crippen LogP contribution in [0.25, 0.3) is 11.1 Å². The number of epoxide rings is 1. The molecule has 2 fully saturated rings. The van der Waals surface area contributed by atoms with E-state index >= 15 is 0 Å². The van der Waals surface area contributed by atoms with Gasteiger partial charge in [0.15, 0.2) is 0 Å². The number of fused-ring (bicyclic) bond motifs is 1. The fraction of sp³-hybridized carbons (Fsp3) is 0.333. The van der Waals surface area contributed by atoms with Gasteiger partial charge in [-0.05, 0) is 35.4 Å². The topological polar surface area (TPSA) is 32.8 Å². The van der Waals surface area contributed by atoms with Crippen LogP contribution in [0.5, 0.6) is 0 Å². The third-order valence-corrected chi connectivity index (χ3v) is 4.56. The minimum atomic E-state index is -0.351. The van der Waals surface area contributed by atoms with Gasteiger partial charge in [0, 0.05) is 0 Å². The number of hydrogen-bond donors (Lipinski definition) is 1. The largest absolute Gasteiger partial charge is 0.388 e. The van der Waals surface area contributed by atoms with Crippen molar-refractivity contribution >= 4 is 0 Å². The lowest BCUT2D eigenvalue weighted by molar-refractivity contribution is 0.0866. The first-order valence-electron chi connectivity index (χ1n) is 7.30. The van der Waals surface area contributed by atoms with Crippen LogP contribution in [-0.4, -0.2) is 17.3 Å². The lowest BCUT2D eigenvalue weighted by atomic mass is 9.92. The summed E-state index contributed by atoms with van der Waals surface area (Å²) in [6, 6.07) is 18.6. The van der Waals surface area contributed by atoms with Gasteiger partial charge in [-0.2, -0.15) is 0 Å². The molecule has 2 aliphatic rings. The van der Waals surface area contributed by atoms with Crippen molar-refractivity contribution in [3.05, 3.63) is 60.2 Å². The van der Waals surface area contributed by atoms with Gasteiger partial charge in [-0.3, -0.25) is 0 Å². The quantitative estimate of drug-likeness (QED) is 0.861. The highest BCUT2D eigenvalue weighted by atomic mass is 16.6. The van der Waals surface area contributed by atoms with Gasteiger partial charge in [0.05, 0.1) is 18.3 Å². The van der Waals surface area contributed by atoms with Crippen molar-refractivity contribution in [2.45, 2.75) is 31.2 Å². The Morgan fingerprint density at radius 1 is 0.850 bits per heavy atom. The third kappa shape index (κ3) is 2.15. The van der Waals surface area contributed by atoms with Crippen molar-refractivity contribution < 1.29 is 9.84 Å². The van der Waals surface area contributed by atoms with E-state index in [0.717, 1.165) is 18.4 Å². The second-order valence-electron chi connectivity index (χ2n) is 5.88. The number of aliphatic hydroxyl groups excluding tert-OH is 1. The van der Waals surface area contributed by atoms with Crippen molar-refractivity contribution in [1.29, 1.82) is 0 Å². The molecule has 1 N–H and O–H groups in total. The zero-order chi connectivity index (χ0) is 13.5. The maximum atomic E-state index is 10.5. The van der Waals surface area contributed by atoms with Crippen molar-refractivity contribution in [1.82, 2.24) is 0 Å². The molecule has 4 atom stereocenters. The van der Waals surface area contributed by atoms with Gasteiger partial charge < -0.3 is 9.84 Å². The Bertz CT molecular complexity index is 581. The molecule has 1 saturated heterocycles. The third-order valence-electron chi connectivity index (χ3n) is 4.56. The SMILES string of the molecule is O[C@@H](c1ccc(-c2ccccc2)cc1)C1C[C@@H]2O[C@@H]2C1. The van der Waals surface area contributed by atoms with Gasteiger partial charge in [-0.1, -0.05) is 54.6 Å². The highest BCUT2D eigenvalue weighted by Crippen LogP contribution is 2.47. The summed E-state index contributed by atoms with van der Waals surface area (Å²) < 4.78 is 5.43. The molecule has 102 valence electrons. The van der Waals surface area contributed by atoms with Crippen molar-refractivity contribution in [3.8, 4) is 11.1 Å². The summed E-state index contributed by atoms with van der Waals surface area (Å²) in [5, 5.41) is 10.5. The summed E-state index contributed by atoms with van der Waals surface area (Å²) >= 11 is 0. The van der Waals surface area contributed by atoms with E-state index < -0.39 is 0 Å². The molecule has 1 aliphatic carbocycles. The van der Waals surface area contributed by atoms with Gasteiger partial charge >= 0.3 is 0 Å². The van der Waals surface area contributed by atoms with Crippen LogP contribution >= 0.6 is 0 Å². The lowest BCUT2D eigenvalue weighted by Crippen LogP contribution is -2.11. The Hall–Kier alpha value is -1.64. The first-order chi connectivity index (χ1) is 9.81. The van der Waals surface area contributed by atoms with Gasteiger partial charge in [-0.15, -0.1) is 0 Å². The van der Waals surface area contributed by atoms with Crippen molar-refractivity contribution in [2.24, 2.45) is 5.92 Å². The highest BCUT2D eigenvalue weighted by molar-refractivity contribution is 5.63. The predicted octanol–water partition coefficient (Wildman–Crippen LogP) is 3.56. The van der Waals surface area contributed by atoms with Crippen LogP contribution in [0, 0.1) is 5.92 Å². The van der Waals surface area contributed by atoms with Crippen LogP contribution in [0.3, 0.4) is 0 Å². The van der Waals surface area contributed by atoms with Crippen LogP contribution in [0.1, 0.15) is 24.5 Å². The van der Waals surface area contributed by atoms with E-state index in [1.54, 1.807) is 0 Å². The Labute approximate surface area is 119 Å². The number of rotatable bonds is 3. The number of hydrogen-bond acceptors (Lipinski definition) is 2. The molecule has 0 radical (unpaired) electrons. The van der Waals surface area contributed by atoms with E-state index in [1.807, 2.05) is 18.2 Å². The summed E-state index contributed by atoms with van der Waals surface area (Å²) in [5.74, 6) is 0.362. The van der Waals surface area contributed by atoms with E-state index in [9.17, 15) is 5.11 Å². The molecule has 1 unspecified atom stereocenters. The first kappa shape index (κ1) is 12.1. The molecule has 1 aliphatic heterocycles. The number of aliphatic hydroxyl groups is 1. The zero-order valence-electron chi connectivity index (χ0n) is 11.3. The fourth-order valence-electron chi connectivity index (χ4n) is 3.32. The predicted molar refractivity (Wildman–Crippen MR) is 78.2 cm³/mol. The maximum Gasteiger partial charge on any atom is 0.0845 e. The molecule has 2 aromatic carbocycles. The molecule has 4 rings (SSSR count). The lowest BCUT2D eigenvalue weighted by Gasteiger charge is -2.19. The van der Waals surface area contributed by atoms with Crippen LogP contribution in [0.4, 0.5) is 0 Å². The average Bonchev–Trinajstić information content (AvgIpc) is 3.13. The first-order valence-corrected chi connectivity index (χ1v) is 7.30. The molecule has 2 nitrogen and oxygen atoms in total. The van der Waals surface area contributed by atoms with Gasteiger partial charge in [0.1, 0.15) is 0 Å². The Morgan fingerprint density at radius 3 is 2.10 bits per heavy atom. The highest BCUT2D eigenvalue weighted by Gasteiger charge is 2.49. The Kier molecular flexibility index (Phi) is 2.86. The minimum Gasteiger partial charge on any atom is -0.388 e. The van der Waals surface area contributed by atoms with Gasteiger partial charge in [0.2, 0.25) is 0 Å². The second kappa shape index (κ2) is 4.72.